The Morgan fingerprint density at radius 3 is 2.79 bits per heavy atom. The number of aromatic nitrogens is 2. The van der Waals surface area contributed by atoms with Crippen molar-refractivity contribution in [3.8, 4) is 0 Å². The Morgan fingerprint density at radius 1 is 1.47 bits per heavy atom. The SMILES string of the molecule is Cc1noc(C)c1CN(C)C(=O)c1ncccc1N. The van der Waals surface area contributed by atoms with Gasteiger partial charge in [-0.25, -0.2) is 4.98 Å². The van der Waals surface area contributed by atoms with E-state index in [1.54, 1.807) is 30.3 Å². The van der Waals surface area contributed by atoms with Gasteiger partial charge in [0.15, 0.2) is 5.69 Å². The highest BCUT2D eigenvalue weighted by Gasteiger charge is 2.19. The molecule has 0 aliphatic heterocycles. The molecular weight excluding hydrogens is 244 g/mol. The molecule has 0 aliphatic carbocycles. The van der Waals surface area contributed by atoms with Crippen LogP contribution in [0.4, 0.5) is 5.69 Å². The van der Waals surface area contributed by atoms with Crippen molar-refractivity contribution in [2.45, 2.75) is 20.4 Å². The number of amides is 1. The van der Waals surface area contributed by atoms with Crippen LogP contribution in [0.5, 0.6) is 0 Å². The zero-order valence-corrected chi connectivity index (χ0v) is 11.2. The van der Waals surface area contributed by atoms with Gasteiger partial charge in [0.25, 0.3) is 5.91 Å². The van der Waals surface area contributed by atoms with Crippen molar-refractivity contribution < 1.29 is 9.32 Å². The third-order valence-electron chi connectivity index (χ3n) is 2.96. The molecule has 0 fully saturated rings. The van der Waals surface area contributed by atoms with Gasteiger partial charge in [-0.15, -0.1) is 0 Å². The normalized spacial score (nSPS) is 10.5. The van der Waals surface area contributed by atoms with E-state index in [9.17, 15) is 4.79 Å². The number of hydrogen-bond donors (Lipinski definition) is 1. The number of aryl methyl sites for hydroxylation is 2. The minimum atomic E-state index is -0.224. The van der Waals surface area contributed by atoms with Crippen molar-refractivity contribution in [2.75, 3.05) is 12.8 Å². The van der Waals surface area contributed by atoms with Crippen molar-refractivity contribution in [3.05, 3.63) is 41.0 Å². The lowest BCUT2D eigenvalue weighted by atomic mass is 10.2. The fraction of sp³-hybridized carbons (Fsp3) is 0.308. The quantitative estimate of drug-likeness (QED) is 0.904. The van der Waals surface area contributed by atoms with E-state index in [2.05, 4.69) is 10.1 Å². The smallest absolute Gasteiger partial charge is 0.274 e. The molecule has 6 heteroatoms. The summed E-state index contributed by atoms with van der Waals surface area (Å²) in [7, 11) is 1.70. The topological polar surface area (TPSA) is 85.2 Å². The first-order valence-corrected chi connectivity index (χ1v) is 5.88. The molecule has 2 aromatic heterocycles. The van der Waals surface area contributed by atoms with Crippen LogP contribution < -0.4 is 5.73 Å². The Labute approximate surface area is 111 Å². The lowest BCUT2D eigenvalue weighted by molar-refractivity contribution is 0.0780. The van der Waals surface area contributed by atoms with Gasteiger partial charge in [-0.2, -0.15) is 0 Å². The van der Waals surface area contributed by atoms with E-state index >= 15 is 0 Å². The fourth-order valence-electron chi connectivity index (χ4n) is 1.81. The average Bonchev–Trinajstić information content (AvgIpc) is 2.70. The van der Waals surface area contributed by atoms with Crippen molar-refractivity contribution in [1.29, 1.82) is 0 Å². The van der Waals surface area contributed by atoms with Crippen LogP contribution in [0.2, 0.25) is 0 Å². The van der Waals surface area contributed by atoms with Gasteiger partial charge >= 0.3 is 0 Å². The molecule has 0 saturated carbocycles. The molecule has 2 N–H and O–H groups in total. The molecule has 1 amide bonds. The second-order valence-corrected chi connectivity index (χ2v) is 4.41. The fourth-order valence-corrected chi connectivity index (χ4v) is 1.81. The van der Waals surface area contributed by atoms with E-state index in [1.807, 2.05) is 13.8 Å². The minimum Gasteiger partial charge on any atom is -0.397 e. The van der Waals surface area contributed by atoms with Gasteiger partial charge in [0.1, 0.15) is 5.76 Å². The predicted octanol–water partition coefficient (Wildman–Crippen LogP) is 1.54. The molecule has 0 atom stereocenters. The second kappa shape index (κ2) is 5.09. The largest absolute Gasteiger partial charge is 0.397 e. The van der Waals surface area contributed by atoms with Crippen molar-refractivity contribution in [3.63, 3.8) is 0 Å². The Bertz CT molecular complexity index is 587. The number of nitrogens with two attached hydrogens (primary N) is 1. The van der Waals surface area contributed by atoms with Crippen LogP contribution in [-0.4, -0.2) is 28.0 Å². The summed E-state index contributed by atoms with van der Waals surface area (Å²) in [4.78, 5) is 17.8. The van der Waals surface area contributed by atoms with Gasteiger partial charge in [-0.05, 0) is 26.0 Å². The minimum absolute atomic E-state index is 0.224. The van der Waals surface area contributed by atoms with E-state index in [0.717, 1.165) is 11.3 Å². The second-order valence-electron chi connectivity index (χ2n) is 4.41. The van der Waals surface area contributed by atoms with Crippen LogP contribution in [-0.2, 0) is 6.54 Å². The number of anilines is 1. The maximum atomic E-state index is 12.2. The zero-order valence-electron chi connectivity index (χ0n) is 11.2. The van der Waals surface area contributed by atoms with Crippen molar-refractivity contribution >= 4 is 11.6 Å². The third kappa shape index (κ3) is 2.57. The Hall–Kier alpha value is -2.37. The monoisotopic (exact) mass is 260 g/mol. The molecule has 0 saturated heterocycles. The zero-order chi connectivity index (χ0) is 14.0. The van der Waals surface area contributed by atoms with Crippen LogP contribution in [0.1, 0.15) is 27.5 Å². The van der Waals surface area contributed by atoms with Gasteiger partial charge in [0.05, 0.1) is 17.9 Å². The first-order valence-electron chi connectivity index (χ1n) is 5.88. The Kier molecular flexibility index (Phi) is 3.50. The molecule has 2 rings (SSSR count). The average molecular weight is 260 g/mol. The highest BCUT2D eigenvalue weighted by molar-refractivity contribution is 5.96. The summed E-state index contributed by atoms with van der Waals surface area (Å²) in [6.45, 7) is 4.08. The van der Waals surface area contributed by atoms with Gasteiger partial charge in [-0.3, -0.25) is 4.79 Å². The Morgan fingerprint density at radius 2 is 2.21 bits per heavy atom. The van der Waals surface area contributed by atoms with Crippen LogP contribution >= 0.6 is 0 Å². The summed E-state index contributed by atoms with van der Waals surface area (Å²) < 4.78 is 5.08. The van der Waals surface area contributed by atoms with Crippen LogP contribution in [0, 0.1) is 13.8 Å². The van der Waals surface area contributed by atoms with Crippen LogP contribution in [0.25, 0.3) is 0 Å². The predicted molar refractivity (Wildman–Crippen MR) is 70.4 cm³/mol. The number of pyridine rings is 1. The lowest BCUT2D eigenvalue weighted by Crippen LogP contribution is -2.28. The molecule has 100 valence electrons. The summed E-state index contributed by atoms with van der Waals surface area (Å²) in [5.74, 6) is 0.490. The number of carbonyl (C=O) groups is 1. The summed E-state index contributed by atoms with van der Waals surface area (Å²) in [5, 5.41) is 3.87. The van der Waals surface area contributed by atoms with E-state index in [1.165, 1.54) is 0 Å². The van der Waals surface area contributed by atoms with Gasteiger partial charge < -0.3 is 15.2 Å². The number of nitrogen functional groups attached to an aromatic ring is 1. The highest BCUT2D eigenvalue weighted by atomic mass is 16.5. The molecular formula is C13H16N4O2. The molecule has 0 spiro atoms. The van der Waals surface area contributed by atoms with E-state index in [4.69, 9.17) is 10.3 Å². The molecule has 0 bridgehead atoms. The number of nitrogens with zero attached hydrogens (tertiary/aromatic N) is 3. The third-order valence-corrected chi connectivity index (χ3v) is 2.96. The van der Waals surface area contributed by atoms with E-state index in [-0.39, 0.29) is 11.6 Å². The van der Waals surface area contributed by atoms with Crippen molar-refractivity contribution in [1.82, 2.24) is 15.0 Å². The summed E-state index contributed by atoms with van der Waals surface area (Å²) in [6, 6.07) is 3.35. The van der Waals surface area contributed by atoms with Crippen LogP contribution in [0.3, 0.4) is 0 Å². The van der Waals surface area contributed by atoms with Crippen molar-refractivity contribution in [2.24, 2.45) is 0 Å². The lowest BCUT2D eigenvalue weighted by Gasteiger charge is -2.17. The highest BCUT2D eigenvalue weighted by Crippen LogP contribution is 2.16. The standard InChI is InChI=1S/C13H16N4O2/c1-8-10(9(2)19-16-8)7-17(3)13(18)12-11(14)5-4-6-15-12/h4-6H,7,14H2,1-3H3. The van der Waals surface area contributed by atoms with Gasteiger partial charge in [0.2, 0.25) is 0 Å². The molecule has 0 aromatic carbocycles. The Balaban J connectivity index is 2.19. The maximum absolute atomic E-state index is 12.2. The molecule has 0 radical (unpaired) electrons. The van der Waals surface area contributed by atoms with Gasteiger partial charge in [0, 0.05) is 18.8 Å². The van der Waals surface area contributed by atoms with Gasteiger partial charge in [-0.1, -0.05) is 5.16 Å². The van der Waals surface area contributed by atoms with E-state index in [0.29, 0.717) is 18.0 Å². The first kappa shape index (κ1) is 13.1. The molecule has 2 heterocycles. The first-order chi connectivity index (χ1) is 9.00. The number of carbonyl (C=O) groups excluding carboxylic acids is 1. The van der Waals surface area contributed by atoms with Crippen LogP contribution in [0.15, 0.2) is 22.9 Å². The number of rotatable bonds is 3. The summed E-state index contributed by atoms with van der Waals surface area (Å²) >= 11 is 0. The maximum Gasteiger partial charge on any atom is 0.274 e. The number of hydrogen-bond acceptors (Lipinski definition) is 5. The molecule has 2 aromatic rings. The molecule has 6 nitrogen and oxygen atoms in total. The summed E-state index contributed by atoms with van der Waals surface area (Å²) in [5.41, 5.74) is 8.08. The van der Waals surface area contributed by atoms with E-state index < -0.39 is 0 Å². The molecule has 19 heavy (non-hydrogen) atoms. The summed E-state index contributed by atoms with van der Waals surface area (Å²) in [6.07, 6.45) is 1.55. The molecule has 0 unspecified atom stereocenters. The molecule has 0 aliphatic rings.